The number of hydrogen-bond donors (Lipinski definition) is 3. The van der Waals surface area contributed by atoms with Gasteiger partial charge in [-0.15, -0.1) is 0 Å². The van der Waals surface area contributed by atoms with E-state index in [9.17, 15) is 13.8 Å². The molecule has 0 radical (unpaired) electrons. The molecule has 0 aliphatic heterocycles. The molecular formula is C14H18N2O4S. The molecule has 0 aliphatic carbocycles. The van der Waals surface area contributed by atoms with Crippen molar-refractivity contribution in [3.8, 4) is 0 Å². The highest BCUT2D eigenvalue weighted by Gasteiger charge is 2.01. The Morgan fingerprint density at radius 2 is 2.14 bits per heavy atom. The van der Waals surface area contributed by atoms with E-state index in [4.69, 9.17) is 5.11 Å². The summed E-state index contributed by atoms with van der Waals surface area (Å²) in [5, 5.41) is 13.9. The van der Waals surface area contributed by atoms with Crippen molar-refractivity contribution < 1.29 is 18.9 Å². The highest BCUT2D eigenvalue weighted by molar-refractivity contribution is 7.84. The molecule has 7 heteroatoms. The van der Waals surface area contributed by atoms with Gasteiger partial charge in [-0.2, -0.15) is 0 Å². The number of nitrogens with one attached hydrogen (secondary N) is 2. The first-order valence-corrected chi connectivity index (χ1v) is 8.06. The molecule has 0 heterocycles. The van der Waals surface area contributed by atoms with Gasteiger partial charge in [-0.25, -0.2) is 9.59 Å². The standard InChI is InChI=1S/C14H18N2O4S/c1-21(20)9-3-8-15-14(19)16-12-5-2-4-11(10-12)6-7-13(17)18/h2,4-7,10H,3,8-9H2,1H3,(H,17,18)(H2,15,16,19)/b7-6+. The number of anilines is 1. The second-order valence-electron chi connectivity index (χ2n) is 4.31. The molecule has 6 nitrogen and oxygen atoms in total. The van der Waals surface area contributed by atoms with E-state index in [2.05, 4.69) is 10.6 Å². The predicted molar refractivity (Wildman–Crippen MR) is 83.7 cm³/mol. The van der Waals surface area contributed by atoms with Gasteiger partial charge in [0.1, 0.15) is 0 Å². The van der Waals surface area contributed by atoms with Crippen molar-refractivity contribution in [3.63, 3.8) is 0 Å². The molecule has 0 saturated heterocycles. The van der Waals surface area contributed by atoms with Crippen LogP contribution in [0.25, 0.3) is 6.08 Å². The van der Waals surface area contributed by atoms with Gasteiger partial charge in [-0.05, 0) is 30.2 Å². The monoisotopic (exact) mass is 310 g/mol. The predicted octanol–water partition coefficient (Wildman–Crippen LogP) is 1.67. The van der Waals surface area contributed by atoms with Crippen molar-refractivity contribution in [2.45, 2.75) is 6.42 Å². The van der Waals surface area contributed by atoms with Crippen molar-refractivity contribution >= 4 is 34.6 Å². The minimum absolute atomic E-state index is 0.351. The first-order valence-electron chi connectivity index (χ1n) is 6.33. The molecule has 21 heavy (non-hydrogen) atoms. The first-order chi connectivity index (χ1) is 9.97. The molecule has 1 atom stereocenters. The number of carboxylic acids is 1. The highest BCUT2D eigenvalue weighted by atomic mass is 32.2. The van der Waals surface area contributed by atoms with E-state index < -0.39 is 16.8 Å². The van der Waals surface area contributed by atoms with E-state index in [0.717, 1.165) is 6.08 Å². The molecule has 3 N–H and O–H groups in total. The first kappa shape index (κ1) is 16.9. The summed E-state index contributed by atoms with van der Waals surface area (Å²) in [6, 6.07) is 6.48. The SMILES string of the molecule is CS(=O)CCCNC(=O)Nc1cccc(/C=C/C(=O)O)c1. The zero-order chi connectivity index (χ0) is 15.7. The summed E-state index contributed by atoms with van der Waals surface area (Å²) in [6.07, 6.45) is 4.75. The smallest absolute Gasteiger partial charge is 0.328 e. The number of urea groups is 1. The summed E-state index contributed by atoms with van der Waals surface area (Å²) in [6.45, 7) is 0.448. The molecule has 0 aromatic heterocycles. The maximum absolute atomic E-state index is 11.6. The fourth-order valence-corrected chi connectivity index (χ4v) is 2.09. The molecule has 0 bridgehead atoms. The molecule has 1 rings (SSSR count). The molecule has 114 valence electrons. The molecule has 0 fully saturated rings. The Bertz CT molecular complexity index is 558. The van der Waals surface area contributed by atoms with Gasteiger partial charge >= 0.3 is 12.0 Å². The molecule has 2 amide bonds. The van der Waals surface area contributed by atoms with Crippen LogP contribution in [0.4, 0.5) is 10.5 Å². The van der Waals surface area contributed by atoms with E-state index >= 15 is 0 Å². The number of benzene rings is 1. The topological polar surface area (TPSA) is 95.5 Å². The largest absolute Gasteiger partial charge is 0.478 e. The van der Waals surface area contributed by atoms with Crippen LogP contribution in [0.1, 0.15) is 12.0 Å². The van der Waals surface area contributed by atoms with Gasteiger partial charge in [0.15, 0.2) is 0 Å². The van der Waals surface area contributed by atoms with Gasteiger partial charge in [0.05, 0.1) is 0 Å². The molecule has 1 aromatic carbocycles. The van der Waals surface area contributed by atoms with Crippen LogP contribution >= 0.6 is 0 Å². The number of hydrogen-bond acceptors (Lipinski definition) is 3. The Kier molecular flexibility index (Phi) is 7.17. The molecule has 0 aliphatic rings. The summed E-state index contributed by atoms with van der Waals surface area (Å²) in [5.74, 6) is -0.477. The van der Waals surface area contributed by atoms with Gasteiger partial charge in [0.25, 0.3) is 0 Å². The van der Waals surface area contributed by atoms with E-state index in [-0.39, 0.29) is 6.03 Å². The summed E-state index contributed by atoms with van der Waals surface area (Å²) < 4.78 is 10.9. The zero-order valence-electron chi connectivity index (χ0n) is 11.7. The van der Waals surface area contributed by atoms with Crippen molar-refractivity contribution in [2.75, 3.05) is 23.9 Å². The molecule has 0 spiro atoms. The Hall–Kier alpha value is -2.15. The maximum atomic E-state index is 11.6. The van der Waals surface area contributed by atoms with Crippen LogP contribution in [0.2, 0.25) is 0 Å². The molecule has 1 unspecified atom stereocenters. The third-order valence-corrected chi connectivity index (χ3v) is 3.32. The third kappa shape index (κ3) is 7.88. The van der Waals surface area contributed by atoms with Crippen LogP contribution in [0, 0.1) is 0 Å². The molecule has 0 saturated carbocycles. The van der Waals surface area contributed by atoms with Crippen molar-refractivity contribution in [1.29, 1.82) is 0 Å². The summed E-state index contributed by atoms with van der Waals surface area (Å²) in [5.41, 5.74) is 1.25. The third-order valence-electron chi connectivity index (χ3n) is 2.46. The lowest BCUT2D eigenvalue weighted by Crippen LogP contribution is -2.30. The number of carbonyl (C=O) groups is 2. The van der Waals surface area contributed by atoms with Gasteiger partial charge in [-0.3, -0.25) is 4.21 Å². The minimum Gasteiger partial charge on any atom is -0.478 e. The lowest BCUT2D eigenvalue weighted by atomic mass is 10.2. The Balaban J connectivity index is 2.47. The van der Waals surface area contributed by atoms with Crippen LogP contribution < -0.4 is 10.6 Å². The van der Waals surface area contributed by atoms with E-state index in [1.165, 1.54) is 6.08 Å². The maximum Gasteiger partial charge on any atom is 0.328 e. The van der Waals surface area contributed by atoms with E-state index in [1.54, 1.807) is 30.5 Å². The number of rotatable bonds is 7. The summed E-state index contributed by atoms with van der Waals surface area (Å²) in [4.78, 5) is 22.1. The van der Waals surface area contributed by atoms with Gasteiger partial charge in [-0.1, -0.05) is 12.1 Å². The van der Waals surface area contributed by atoms with Gasteiger partial charge < -0.3 is 15.7 Å². The van der Waals surface area contributed by atoms with Crippen LogP contribution in [0.3, 0.4) is 0 Å². The highest BCUT2D eigenvalue weighted by Crippen LogP contribution is 2.11. The lowest BCUT2D eigenvalue weighted by molar-refractivity contribution is -0.131. The normalized spacial score (nSPS) is 12.0. The number of aliphatic carboxylic acids is 1. The number of carbonyl (C=O) groups excluding carboxylic acids is 1. The lowest BCUT2D eigenvalue weighted by Gasteiger charge is -2.07. The summed E-state index contributed by atoms with van der Waals surface area (Å²) >= 11 is 0. The van der Waals surface area contributed by atoms with E-state index in [0.29, 0.717) is 30.0 Å². The van der Waals surface area contributed by atoms with Crippen LogP contribution in [0.5, 0.6) is 0 Å². The second kappa shape index (κ2) is 8.91. The Morgan fingerprint density at radius 3 is 2.81 bits per heavy atom. The number of carboxylic acid groups (broad SMARTS) is 1. The van der Waals surface area contributed by atoms with Gasteiger partial charge in [0, 0.05) is 41.1 Å². The second-order valence-corrected chi connectivity index (χ2v) is 5.86. The van der Waals surface area contributed by atoms with Crippen LogP contribution in [-0.4, -0.2) is 39.9 Å². The minimum atomic E-state index is -1.03. The fourth-order valence-electron chi connectivity index (χ4n) is 1.54. The summed E-state index contributed by atoms with van der Waals surface area (Å²) in [7, 11) is -0.855. The Labute approximate surface area is 125 Å². The van der Waals surface area contributed by atoms with Crippen molar-refractivity contribution in [2.24, 2.45) is 0 Å². The zero-order valence-corrected chi connectivity index (χ0v) is 12.5. The Morgan fingerprint density at radius 1 is 1.38 bits per heavy atom. The van der Waals surface area contributed by atoms with Crippen molar-refractivity contribution in [1.82, 2.24) is 5.32 Å². The van der Waals surface area contributed by atoms with Crippen LogP contribution in [-0.2, 0) is 15.6 Å². The quantitative estimate of drug-likeness (QED) is 0.527. The van der Waals surface area contributed by atoms with Crippen molar-refractivity contribution in [3.05, 3.63) is 35.9 Å². The average Bonchev–Trinajstić information content (AvgIpc) is 2.41. The van der Waals surface area contributed by atoms with E-state index in [1.807, 2.05) is 0 Å². The molecular weight excluding hydrogens is 292 g/mol. The molecule has 1 aromatic rings. The average molecular weight is 310 g/mol. The van der Waals surface area contributed by atoms with Gasteiger partial charge in [0.2, 0.25) is 0 Å². The number of amides is 2. The fraction of sp³-hybridized carbons (Fsp3) is 0.286. The van der Waals surface area contributed by atoms with Crippen LogP contribution in [0.15, 0.2) is 30.3 Å².